The van der Waals surface area contributed by atoms with Gasteiger partial charge in [0.15, 0.2) is 0 Å². The summed E-state index contributed by atoms with van der Waals surface area (Å²) in [5, 5.41) is 8.84. The second-order valence-electron chi connectivity index (χ2n) is 5.22. The number of benzene rings is 1. The maximum atomic E-state index is 11.7. The first-order valence-corrected chi connectivity index (χ1v) is 7.30. The normalized spacial score (nSPS) is 10.7. The molecule has 0 aliphatic rings. The number of hydrogen-bond donors (Lipinski definition) is 1. The molecular formula is C15H15ClN6O. The van der Waals surface area contributed by atoms with Crippen molar-refractivity contribution < 1.29 is 4.79 Å². The van der Waals surface area contributed by atoms with Gasteiger partial charge in [-0.25, -0.2) is 9.97 Å². The molecule has 7 nitrogen and oxygen atoms in total. The van der Waals surface area contributed by atoms with E-state index in [4.69, 9.17) is 11.6 Å². The third kappa shape index (κ3) is 3.40. The lowest BCUT2D eigenvalue weighted by atomic mass is 10.2. The van der Waals surface area contributed by atoms with E-state index >= 15 is 0 Å². The van der Waals surface area contributed by atoms with Gasteiger partial charge in [0.2, 0.25) is 5.91 Å². The highest BCUT2D eigenvalue weighted by Crippen LogP contribution is 2.24. The van der Waals surface area contributed by atoms with Crippen LogP contribution in [0.25, 0.3) is 10.9 Å². The molecule has 0 atom stereocenters. The van der Waals surface area contributed by atoms with E-state index in [1.165, 1.54) is 11.2 Å². The first kappa shape index (κ1) is 15.2. The third-order valence-electron chi connectivity index (χ3n) is 3.29. The van der Waals surface area contributed by atoms with Gasteiger partial charge in [-0.05, 0) is 18.2 Å². The summed E-state index contributed by atoms with van der Waals surface area (Å²) in [6, 6.07) is 5.43. The number of hydrogen-bond acceptors (Lipinski definition) is 5. The molecule has 2 heterocycles. The minimum atomic E-state index is -0.0261. The molecule has 118 valence electrons. The van der Waals surface area contributed by atoms with E-state index < -0.39 is 0 Å². The quantitative estimate of drug-likeness (QED) is 0.794. The zero-order chi connectivity index (χ0) is 16.4. The Kier molecular flexibility index (Phi) is 4.12. The number of nitrogens with zero attached hydrogens (tertiary/aromatic N) is 5. The Morgan fingerprint density at radius 2 is 2.17 bits per heavy atom. The number of carbonyl (C=O) groups excluding carboxylic acids is 1. The molecule has 0 unspecified atom stereocenters. The van der Waals surface area contributed by atoms with Crippen LogP contribution < -0.4 is 5.32 Å². The van der Waals surface area contributed by atoms with Crippen molar-refractivity contribution in [2.45, 2.75) is 6.54 Å². The van der Waals surface area contributed by atoms with Crippen LogP contribution in [0.5, 0.6) is 0 Å². The molecule has 1 aromatic carbocycles. The molecule has 0 saturated heterocycles. The largest absolute Gasteiger partial charge is 0.347 e. The SMILES string of the molecule is CN(C)C(=O)Cn1cc(Nc2ncnc3cc(Cl)ccc23)cn1. The van der Waals surface area contributed by atoms with Crippen molar-refractivity contribution in [1.82, 2.24) is 24.6 Å². The molecule has 0 spiro atoms. The number of likely N-dealkylation sites (N-methyl/N-ethyl adjacent to an activating group) is 1. The van der Waals surface area contributed by atoms with E-state index in [1.807, 2.05) is 6.07 Å². The van der Waals surface area contributed by atoms with E-state index in [0.717, 1.165) is 16.6 Å². The molecular weight excluding hydrogens is 316 g/mol. The van der Waals surface area contributed by atoms with Crippen LogP contribution in [-0.4, -0.2) is 44.7 Å². The molecule has 3 aromatic rings. The lowest BCUT2D eigenvalue weighted by Crippen LogP contribution is -2.26. The van der Waals surface area contributed by atoms with Crippen molar-refractivity contribution in [3.63, 3.8) is 0 Å². The number of anilines is 2. The number of carbonyl (C=O) groups is 1. The zero-order valence-corrected chi connectivity index (χ0v) is 13.4. The summed E-state index contributed by atoms with van der Waals surface area (Å²) >= 11 is 5.98. The molecule has 0 saturated carbocycles. The Labute approximate surface area is 137 Å². The van der Waals surface area contributed by atoms with E-state index in [1.54, 1.807) is 43.3 Å². The average molecular weight is 331 g/mol. The standard InChI is InChI=1S/C15H15ClN6O/c1-21(2)14(23)8-22-7-11(6-19-22)20-15-12-4-3-10(16)5-13(12)17-9-18-15/h3-7,9H,8H2,1-2H3,(H,17,18,20). The average Bonchev–Trinajstić information content (AvgIpc) is 2.94. The molecule has 2 aromatic heterocycles. The molecule has 0 bridgehead atoms. The van der Waals surface area contributed by atoms with Crippen LogP contribution in [-0.2, 0) is 11.3 Å². The Hall–Kier alpha value is -2.67. The fourth-order valence-corrected chi connectivity index (χ4v) is 2.23. The maximum absolute atomic E-state index is 11.7. The highest BCUT2D eigenvalue weighted by Gasteiger charge is 2.09. The minimum Gasteiger partial charge on any atom is -0.347 e. The van der Waals surface area contributed by atoms with E-state index in [-0.39, 0.29) is 12.5 Å². The van der Waals surface area contributed by atoms with E-state index in [2.05, 4.69) is 20.4 Å². The number of nitrogens with one attached hydrogen (secondary N) is 1. The lowest BCUT2D eigenvalue weighted by molar-refractivity contribution is -0.129. The van der Waals surface area contributed by atoms with Crippen LogP contribution in [0.1, 0.15) is 0 Å². The van der Waals surface area contributed by atoms with Gasteiger partial charge < -0.3 is 10.2 Å². The van der Waals surface area contributed by atoms with Crippen LogP contribution in [0.15, 0.2) is 36.9 Å². The van der Waals surface area contributed by atoms with E-state index in [0.29, 0.717) is 10.8 Å². The van der Waals surface area contributed by atoms with Gasteiger partial charge >= 0.3 is 0 Å². The lowest BCUT2D eigenvalue weighted by Gasteiger charge is -2.09. The summed E-state index contributed by atoms with van der Waals surface area (Å²) < 4.78 is 1.57. The Bertz CT molecular complexity index is 860. The fourth-order valence-electron chi connectivity index (χ4n) is 2.06. The molecule has 0 aliphatic carbocycles. The van der Waals surface area contributed by atoms with Crippen LogP contribution in [0.4, 0.5) is 11.5 Å². The van der Waals surface area contributed by atoms with Gasteiger partial charge in [-0.2, -0.15) is 5.10 Å². The number of aromatic nitrogens is 4. The molecule has 1 amide bonds. The first-order chi connectivity index (χ1) is 11.0. The van der Waals surface area contributed by atoms with Crippen molar-refractivity contribution in [2.24, 2.45) is 0 Å². The number of amides is 1. The van der Waals surface area contributed by atoms with Crippen molar-refractivity contribution in [3.8, 4) is 0 Å². The third-order valence-corrected chi connectivity index (χ3v) is 3.53. The van der Waals surface area contributed by atoms with Crippen molar-refractivity contribution in [1.29, 1.82) is 0 Å². The Morgan fingerprint density at radius 3 is 2.96 bits per heavy atom. The highest BCUT2D eigenvalue weighted by molar-refractivity contribution is 6.31. The first-order valence-electron chi connectivity index (χ1n) is 6.93. The predicted octanol–water partition coefficient (Wildman–Crippen LogP) is 2.31. The predicted molar refractivity (Wildman–Crippen MR) is 88.8 cm³/mol. The van der Waals surface area contributed by atoms with Gasteiger partial charge in [-0.1, -0.05) is 11.6 Å². The van der Waals surface area contributed by atoms with Gasteiger partial charge in [0.1, 0.15) is 18.7 Å². The van der Waals surface area contributed by atoms with Gasteiger partial charge in [-0.15, -0.1) is 0 Å². The zero-order valence-electron chi connectivity index (χ0n) is 12.7. The molecule has 23 heavy (non-hydrogen) atoms. The molecule has 0 fully saturated rings. The van der Waals surface area contributed by atoms with Gasteiger partial charge in [0.05, 0.1) is 17.4 Å². The second kappa shape index (κ2) is 6.21. The molecule has 0 aliphatic heterocycles. The highest BCUT2D eigenvalue weighted by atomic mass is 35.5. The fraction of sp³-hybridized carbons (Fsp3) is 0.200. The van der Waals surface area contributed by atoms with Crippen molar-refractivity contribution >= 4 is 39.9 Å². The summed E-state index contributed by atoms with van der Waals surface area (Å²) in [5.74, 6) is 0.631. The van der Waals surface area contributed by atoms with Crippen molar-refractivity contribution in [2.75, 3.05) is 19.4 Å². The molecule has 8 heteroatoms. The Balaban J connectivity index is 1.83. The summed E-state index contributed by atoms with van der Waals surface area (Å²) in [5.41, 5.74) is 1.50. The van der Waals surface area contributed by atoms with Crippen LogP contribution in [0, 0.1) is 0 Å². The van der Waals surface area contributed by atoms with Gasteiger partial charge in [0, 0.05) is 30.7 Å². The smallest absolute Gasteiger partial charge is 0.243 e. The summed E-state index contributed by atoms with van der Waals surface area (Å²) in [4.78, 5) is 21.7. The van der Waals surface area contributed by atoms with Crippen molar-refractivity contribution in [3.05, 3.63) is 41.9 Å². The molecule has 1 N–H and O–H groups in total. The number of rotatable bonds is 4. The molecule has 0 radical (unpaired) electrons. The monoisotopic (exact) mass is 330 g/mol. The summed E-state index contributed by atoms with van der Waals surface area (Å²) in [6.45, 7) is 0.189. The number of halogens is 1. The summed E-state index contributed by atoms with van der Waals surface area (Å²) in [6.07, 6.45) is 4.87. The maximum Gasteiger partial charge on any atom is 0.243 e. The van der Waals surface area contributed by atoms with Crippen LogP contribution in [0.2, 0.25) is 5.02 Å². The van der Waals surface area contributed by atoms with Crippen LogP contribution >= 0.6 is 11.6 Å². The Morgan fingerprint density at radius 1 is 1.35 bits per heavy atom. The second-order valence-corrected chi connectivity index (χ2v) is 5.66. The van der Waals surface area contributed by atoms with Gasteiger partial charge in [-0.3, -0.25) is 9.48 Å². The topological polar surface area (TPSA) is 75.9 Å². The van der Waals surface area contributed by atoms with E-state index in [9.17, 15) is 4.79 Å². The summed E-state index contributed by atoms with van der Waals surface area (Å²) in [7, 11) is 3.42. The number of fused-ring (bicyclic) bond motifs is 1. The molecule has 3 rings (SSSR count). The van der Waals surface area contributed by atoms with Gasteiger partial charge in [0.25, 0.3) is 0 Å². The minimum absolute atomic E-state index is 0.0261. The van der Waals surface area contributed by atoms with Crippen LogP contribution in [0.3, 0.4) is 0 Å².